The van der Waals surface area contributed by atoms with E-state index < -0.39 is 0 Å². The molecule has 0 aliphatic carbocycles. The van der Waals surface area contributed by atoms with Gasteiger partial charge in [-0.2, -0.15) is 0 Å². The van der Waals surface area contributed by atoms with Gasteiger partial charge in [0.15, 0.2) is 0 Å². The molecule has 23 heavy (non-hydrogen) atoms. The lowest BCUT2D eigenvalue weighted by Crippen LogP contribution is -2.08. The van der Waals surface area contributed by atoms with Crippen LogP contribution in [0.3, 0.4) is 0 Å². The first-order chi connectivity index (χ1) is 11.3. The average molecular weight is 319 g/mol. The minimum absolute atomic E-state index is 0.857. The maximum atomic E-state index is 4.71. The quantitative estimate of drug-likeness (QED) is 0.415. The van der Waals surface area contributed by atoms with E-state index in [2.05, 4.69) is 30.7 Å². The highest BCUT2D eigenvalue weighted by molar-refractivity contribution is 4.99. The van der Waals surface area contributed by atoms with Crippen molar-refractivity contribution >= 4 is 0 Å². The summed E-state index contributed by atoms with van der Waals surface area (Å²) in [5, 5.41) is 0. The zero-order valence-corrected chi connectivity index (χ0v) is 15.4. The minimum Gasteiger partial charge on any atom is -0.218 e. The third-order valence-electron chi connectivity index (χ3n) is 4.18. The summed E-state index contributed by atoms with van der Waals surface area (Å²) < 4.78 is 0. The molecule has 1 heterocycles. The molecule has 1 radical (unpaired) electrons. The van der Waals surface area contributed by atoms with Gasteiger partial charge in [0.2, 0.25) is 0 Å². The SMILES string of the molecule is [CH2]CCc1nc(CCCCCCC)nc(CCCCCCC)n1. The molecule has 0 bridgehead atoms. The molecule has 1 aromatic rings. The molecular formula is C20H36N3. The molecule has 0 amide bonds. The standard InChI is InChI=1S/C20H36N3/c1-4-7-9-11-13-16-19-21-18(15-6-3)22-20(23-19)17-14-12-10-8-5-2/h3-17H2,1-2H3. The van der Waals surface area contributed by atoms with Crippen LogP contribution in [0.2, 0.25) is 0 Å². The van der Waals surface area contributed by atoms with E-state index >= 15 is 0 Å². The van der Waals surface area contributed by atoms with Gasteiger partial charge in [0.1, 0.15) is 17.5 Å². The highest BCUT2D eigenvalue weighted by atomic mass is 15.0. The van der Waals surface area contributed by atoms with Crippen molar-refractivity contribution < 1.29 is 0 Å². The molecule has 0 aliphatic rings. The fourth-order valence-electron chi connectivity index (χ4n) is 2.79. The summed E-state index contributed by atoms with van der Waals surface area (Å²) in [5.41, 5.74) is 0. The Hall–Kier alpha value is -0.990. The van der Waals surface area contributed by atoms with Gasteiger partial charge in [0.25, 0.3) is 0 Å². The van der Waals surface area contributed by atoms with Crippen LogP contribution >= 0.6 is 0 Å². The summed E-state index contributed by atoms with van der Waals surface area (Å²) in [4.78, 5) is 14.0. The van der Waals surface area contributed by atoms with E-state index in [4.69, 9.17) is 4.98 Å². The smallest absolute Gasteiger partial charge is 0.132 e. The van der Waals surface area contributed by atoms with Crippen molar-refractivity contribution in [3.05, 3.63) is 24.4 Å². The van der Waals surface area contributed by atoms with Crippen molar-refractivity contribution in [2.75, 3.05) is 0 Å². The van der Waals surface area contributed by atoms with Crippen molar-refractivity contribution in [2.45, 2.75) is 104 Å². The molecule has 1 aromatic heterocycles. The van der Waals surface area contributed by atoms with Gasteiger partial charge in [0.05, 0.1) is 0 Å². The molecule has 0 unspecified atom stereocenters. The lowest BCUT2D eigenvalue weighted by atomic mass is 10.1. The first-order valence-corrected chi connectivity index (χ1v) is 9.82. The van der Waals surface area contributed by atoms with Gasteiger partial charge in [-0.1, -0.05) is 72.1 Å². The monoisotopic (exact) mass is 318 g/mol. The van der Waals surface area contributed by atoms with Crippen LogP contribution in [-0.2, 0) is 19.3 Å². The summed E-state index contributed by atoms with van der Waals surface area (Å²) in [6, 6.07) is 0. The van der Waals surface area contributed by atoms with Gasteiger partial charge < -0.3 is 0 Å². The van der Waals surface area contributed by atoms with Crippen LogP contribution in [-0.4, -0.2) is 15.0 Å². The normalized spacial score (nSPS) is 11.1. The fraction of sp³-hybridized carbons (Fsp3) is 0.800. The predicted molar refractivity (Wildman–Crippen MR) is 98.4 cm³/mol. The molecule has 0 aliphatic heterocycles. The maximum Gasteiger partial charge on any atom is 0.132 e. The molecule has 0 fully saturated rings. The summed E-state index contributed by atoms with van der Waals surface area (Å²) in [6.07, 6.45) is 16.6. The zero-order chi connectivity index (χ0) is 16.8. The Bertz CT molecular complexity index is 372. The van der Waals surface area contributed by atoms with E-state index in [0.29, 0.717) is 0 Å². The van der Waals surface area contributed by atoms with Crippen molar-refractivity contribution in [1.29, 1.82) is 0 Å². The van der Waals surface area contributed by atoms with Crippen LogP contribution in [0.1, 0.15) is 102 Å². The Balaban J connectivity index is 2.48. The zero-order valence-electron chi connectivity index (χ0n) is 15.4. The summed E-state index contributed by atoms with van der Waals surface area (Å²) in [7, 11) is 0. The van der Waals surface area contributed by atoms with Crippen molar-refractivity contribution in [1.82, 2.24) is 15.0 Å². The summed E-state index contributed by atoms with van der Waals surface area (Å²) in [6.45, 7) is 8.44. The molecule has 0 spiro atoms. The Morgan fingerprint density at radius 2 is 0.957 bits per heavy atom. The average Bonchev–Trinajstić information content (AvgIpc) is 2.55. The van der Waals surface area contributed by atoms with Crippen LogP contribution < -0.4 is 0 Å². The largest absolute Gasteiger partial charge is 0.218 e. The fourth-order valence-corrected chi connectivity index (χ4v) is 2.79. The number of nitrogens with zero attached hydrogens (tertiary/aromatic N) is 3. The first kappa shape index (κ1) is 20.1. The predicted octanol–water partition coefficient (Wildman–Crippen LogP) is 5.66. The van der Waals surface area contributed by atoms with E-state index in [9.17, 15) is 0 Å². The third kappa shape index (κ3) is 9.68. The van der Waals surface area contributed by atoms with Gasteiger partial charge in [-0.25, -0.2) is 15.0 Å². The molecule has 0 aromatic carbocycles. The van der Waals surface area contributed by atoms with E-state index in [1.54, 1.807) is 0 Å². The van der Waals surface area contributed by atoms with Crippen molar-refractivity contribution in [3.8, 4) is 0 Å². The minimum atomic E-state index is 0.857. The molecule has 3 nitrogen and oxygen atoms in total. The molecule has 0 saturated heterocycles. The molecule has 0 N–H and O–H groups in total. The van der Waals surface area contributed by atoms with E-state index in [0.717, 1.165) is 43.2 Å². The molecular weight excluding hydrogens is 282 g/mol. The Labute approximate surface area is 143 Å². The van der Waals surface area contributed by atoms with Crippen LogP contribution in [0.15, 0.2) is 0 Å². The van der Waals surface area contributed by atoms with Gasteiger partial charge in [-0.05, 0) is 19.3 Å². The number of hydrogen-bond acceptors (Lipinski definition) is 3. The number of aromatic nitrogens is 3. The van der Waals surface area contributed by atoms with Gasteiger partial charge in [0, 0.05) is 19.3 Å². The first-order valence-electron chi connectivity index (χ1n) is 9.82. The molecule has 1 rings (SSSR count). The second-order valence-corrected chi connectivity index (χ2v) is 6.52. The molecule has 131 valence electrons. The summed E-state index contributed by atoms with van der Waals surface area (Å²) in [5.74, 6) is 2.95. The van der Waals surface area contributed by atoms with Crippen LogP contribution in [0.4, 0.5) is 0 Å². The number of rotatable bonds is 14. The molecule has 0 saturated carbocycles. The maximum absolute atomic E-state index is 4.71. The highest BCUT2D eigenvalue weighted by Gasteiger charge is 2.06. The van der Waals surface area contributed by atoms with Gasteiger partial charge in [-0.15, -0.1) is 0 Å². The van der Waals surface area contributed by atoms with E-state index in [-0.39, 0.29) is 0 Å². The van der Waals surface area contributed by atoms with Crippen LogP contribution in [0, 0.1) is 6.92 Å². The lowest BCUT2D eigenvalue weighted by molar-refractivity contribution is 0.601. The lowest BCUT2D eigenvalue weighted by Gasteiger charge is -2.07. The number of hydrogen-bond donors (Lipinski definition) is 0. The Morgan fingerprint density at radius 3 is 1.35 bits per heavy atom. The Morgan fingerprint density at radius 1 is 0.565 bits per heavy atom. The highest BCUT2D eigenvalue weighted by Crippen LogP contribution is 2.10. The molecule has 3 heteroatoms. The summed E-state index contributed by atoms with van der Waals surface area (Å²) >= 11 is 0. The van der Waals surface area contributed by atoms with Gasteiger partial charge >= 0.3 is 0 Å². The number of aryl methyl sites for hydroxylation is 3. The van der Waals surface area contributed by atoms with Crippen molar-refractivity contribution in [3.63, 3.8) is 0 Å². The topological polar surface area (TPSA) is 38.7 Å². The third-order valence-corrected chi connectivity index (χ3v) is 4.18. The second kappa shape index (κ2) is 13.4. The Kier molecular flexibility index (Phi) is 11.7. The molecule has 0 atom stereocenters. The van der Waals surface area contributed by atoms with Crippen LogP contribution in [0.5, 0.6) is 0 Å². The number of unbranched alkanes of at least 4 members (excludes halogenated alkanes) is 8. The second-order valence-electron chi connectivity index (χ2n) is 6.52. The van der Waals surface area contributed by atoms with E-state index in [1.165, 1.54) is 64.2 Å². The van der Waals surface area contributed by atoms with Crippen LogP contribution in [0.25, 0.3) is 0 Å². The van der Waals surface area contributed by atoms with Gasteiger partial charge in [-0.3, -0.25) is 0 Å². The van der Waals surface area contributed by atoms with Crippen molar-refractivity contribution in [2.24, 2.45) is 0 Å². The van der Waals surface area contributed by atoms with E-state index in [1.807, 2.05) is 0 Å².